The van der Waals surface area contributed by atoms with Gasteiger partial charge in [-0.3, -0.25) is 14.1 Å². The average Bonchev–Trinajstić information content (AvgIpc) is 2.03. The van der Waals surface area contributed by atoms with Crippen molar-refractivity contribution in [1.29, 1.82) is 0 Å². The Kier molecular flexibility index (Phi) is 4.65. The minimum absolute atomic E-state index is 0. The third-order valence-corrected chi connectivity index (χ3v) is 2.64. The summed E-state index contributed by atoms with van der Waals surface area (Å²) in [4.78, 5) is 21.8. The first-order chi connectivity index (χ1) is 6.41. The first-order valence-corrected chi connectivity index (χ1v) is 5.20. The fourth-order valence-corrected chi connectivity index (χ4v) is 1.57. The Hall–Kier alpha value is -1.19. The number of carbonyl (C=O) groups excluding carboxylic acids is 2. The van der Waals surface area contributed by atoms with Gasteiger partial charge in [-0.05, 0) is 0 Å². The highest BCUT2D eigenvalue weighted by Crippen LogP contribution is 2.10. The molecular formula is C6H10O8S. The normalized spacial score (nSPS) is 22.9. The molecule has 1 heterocycles. The second-order valence-electron chi connectivity index (χ2n) is 2.60. The molecule has 3 N–H and O–H groups in total. The van der Waals surface area contributed by atoms with Crippen LogP contribution < -0.4 is 0 Å². The van der Waals surface area contributed by atoms with Crippen LogP contribution in [0.5, 0.6) is 0 Å². The van der Waals surface area contributed by atoms with Crippen LogP contribution in [0.25, 0.3) is 0 Å². The van der Waals surface area contributed by atoms with Crippen LogP contribution in [0.1, 0.15) is 6.42 Å². The fourth-order valence-electron chi connectivity index (χ4n) is 0.911. The first kappa shape index (κ1) is 13.8. The summed E-state index contributed by atoms with van der Waals surface area (Å²) in [5.41, 5.74) is 0. The second-order valence-corrected chi connectivity index (χ2v) is 4.19. The standard InChI is InChI=1S/C6H8O7S.H2O/c7-5-3-4(14(9,10)11)6(8)13-2-1-12-5;/h4H,1-3H2,(H,9,10,11);1H2. The predicted octanol–water partition coefficient (Wildman–Crippen LogP) is -2.09. The van der Waals surface area contributed by atoms with Crippen LogP contribution in [0.3, 0.4) is 0 Å². The molecule has 0 aromatic rings. The van der Waals surface area contributed by atoms with E-state index in [9.17, 15) is 18.0 Å². The molecule has 15 heavy (non-hydrogen) atoms. The number of cyclic esters (lactones) is 2. The van der Waals surface area contributed by atoms with Crippen LogP contribution in [0.15, 0.2) is 0 Å². The SMILES string of the molecule is O.O=C1CC(S(=O)(=O)O)C(=O)OCCO1. The highest BCUT2D eigenvalue weighted by Gasteiger charge is 2.36. The van der Waals surface area contributed by atoms with Crippen molar-refractivity contribution in [3.63, 3.8) is 0 Å². The van der Waals surface area contributed by atoms with Gasteiger partial charge in [0.1, 0.15) is 13.2 Å². The van der Waals surface area contributed by atoms with E-state index in [0.717, 1.165) is 0 Å². The van der Waals surface area contributed by atoms with Gasteiger partial charge >= 0.3 is 11.9 Å². The van der Waals surface area contributed by atoms with Crippen LogP contribution in [-0.2, 0) is 29.2 Å². The summed E-state index contributed by atoms with van der Waals surface area (Å²) >= 11 is 0. The van der Waals surface area contributed by atoms with Crippen LogP contribution in [0.4, 0.5) is 0 Å². The minimum atomic E-state index is -4.62. The molecule has 0 aliphatic carbocycles. The lowest BCUT2D eigenvalue weighted by atomic mass is 10.3. The molecule has 1 unspecified atom stereocenters. The van der Waals surface area contributed by atoms with Crippen LogP contribution in [-0.4, -0.2) is 48.8 Å². The van der Waals surface area contributed by atoms with E-state index in [0.29, 0.717) is 0 Å². The maximum Gasteiger partial charge on any atom is 0.327 e. The lowest BCUT2D eigenvalue weighted by molar-refractivity contribution is -0.158. The highest BCUT2D eigenvalue weighted by atomic mass is 32.2. The lowest BCUT2D eigenvalue weighted by Crippen LogP contribution is -2.37. The maximum atomic E-state index is 11.0. The number of esters is 2. The molecule has 1 saturated heterocycles. The van der Waals surface area contributed by atoms with Crippen LogP contribution in [0, 0.1) is 0 Å². The molecular weight excluding hydrogens is 232 g/mol. The molecule has 1 fully saturated rings. The van der Waals surface area contributed by atoms with E-state index < -0.39 is 33.7 Å². The van der Waals surface area contributed by atoms with Gasteiger partial charge in [-0.25, -0.2) is 0 Å². The quantitative estimate of drug-likeness (QED) is 0.410. The van der Waals surface area contributed by atoms with Crippen molar-refractivity contribution < 1.29 is 37.5 Å². The Bertz CT molecular complexity index is 344. The lowest BCUT2D eigenvalue weighted by Gasteiger charge is -2.16. The van der Waals surface area contributed by atoms with Gasteiger partial charge in [0.25, 0.3) is 10.1 Å². The van der Waals surface area contributed by atoms with Gasteiger partial charge in [0.05, 0.1) is 6.42 Å². The van der Waals surface area contributed by atoms with Gasteiger partial charge in [-0.15, -0.1) is 0 Å². The van der Waals surface area contributed by atoms with Crippen molar-refractivity contribution in [2.75, 3.05) is 13.2 Å². The smallest absolute Gasteiger partial charge is 0.327 e. The third kappa shape index (κ3) is 3.81. The average molecular weight is 242 g/mol. The first-order valence-electron chi connectivity index (χ1n) is 3.70. The summed E-state index contributed by atoms with van der Waals surface area (Å²) in [5, 5.41) is -1.88. The molecule has 8 nitrogen and oxygen atoms in total. The van der Waals surface area contributed by atoms with E-state index in [1.165, 1.54) is 0 Å². The summed E-state index contributed by atoms with van der Waals surface area (Å²) in [7, 11) is -4.62. The van der Waals surface area contributed by atoms with Crippen molar-refractivity contribution in [3.8, 4) is 0 Å². The van der Waals surface area contributed by atoms with Gasteiger partial charge in [0, 0.05) is 0 Å². The van der Waals surface area contributed by atoms with Crippen molar-refractivity contribution >= 4 is 22.1 Å². The van der Waals surface area contributed by atoms with Crippen molar-refractivity contribution in [2.24, 2.45) is 0 Å². The van der Waals surface area contributed by atoms with Crippen molar-refractivity contribution in [1.82, 2.24) is 0 Å². The van der Waals surface area contributed by atoms with E-state index in [-0.39, 0.29) is 18.7 Å². The van der Waals surface area contributed by atoms with E-state index in [1.807, 2.05) is 0 Å². The van der Waals surface area contributed by atoms with Crippen LogP contribution >= 0.6 is 0 Å². The minimum Gasteiger partial charge on any atom is -0.462 e. The van der Waals surface area contributed by atoms with E-state index in [1.54, 1.807) is 0 Å². The fraction of sp³-hybridized carbons (Fsp3) is 0.667. The molecule has 0 radical (unpaired) electrons. The molecule has 9 heteroatoms. The Balaban J connectivity index is 0.00000196. The van der Waals surface area contributed by atoms with Gasteiger partial charge in [-0.2, -0.15) is 8.42 Å². The van der Waals surface area contributed by atoms with Gasteiger partial charge in [-0.1, -0.05) is 0 Å². The molecule has 0 aromatic carbocycles. The largest absolute Gasteiger partial charge is 0.462 e. The third-order valence-electron chi connectivity index (χ3n) is 1.57. The Morgan fingerprint density at radius 1 is 1.20 bits per heavy atom. The number of carbonyl (C=O) groups is 2. The summed E-state index contributed by atoms with van der Waals surface area (Å²) in [5.74, 6) is -1.99. The highest BCUT2D eigenvalue weighted by molar-refractivity contribution is 7.87. The topological polar surface area (TPSA) is 138 Å². The summed E-state index contributed by atoms with van der Waals surface area (Å²) in [6, 6.07) is 0. The molecule has 1 aliphatic rings. The zero-order valence-corrected chi connectivity index (χ0v) is 8.32. The maximum absolute atomic E-state index is 11.0. The van der Waals surface area contributed by atoms with Crippen molar-refractivity contribution in [3.05, 3.63) is 0 Å². The van der Waals surface area contributed by atoms with E-state index >= 15 is 0 Å². The number of ether oxygens (including phenoxy) is 2. The molecule has 1 rings (SSSR count). The zero-order chi connectivity index (χ0) is 10.8. The molecule has 0 aromatic heterocycles. The molecule has 1 atom stereocenters. The number of hydrogen-bond acceptors (Lipinski definition) is 6. The van der Waals surface area contributed by atoms with E-state index in [2.05, 4.69) is 9.47 Å². The van der Waals surface area contributed by atoms with E-state index in [4.69, 9.17) is 4.55 Å². The molecule has 88 valence electrons. The predicted molar refractivity (Wildman–Crippen MR) is 45.5 cm³/mol. The van der Waals surface area contributed by atoms with Crippen molar-refractivity contribution in [2.45, 2.75) is 11.7 Å². The zero-order valence-electron chi connectivity index (χ0n) is 7.50. The second kappa shape index (κ2) is 5.05. The molecule has 0 spiro atoms. The number of rotatable bonds is 1. The molecule has 0 amide bonds. The molecule has 0 bridgehead atoms. The summed E-state index contributed by atoms with van der Waals surface area (Å²) in [6.07, 6.45) is -0.725. The number of hydrogen-bond donors (Lipinski definition) is 1. The van der Waals surface area contributed by atoms with Gasteiger partial charge in [0.15, 0.2) is 5.25 Å². The molecule has 1 aliphatic heterocycles. The Morgan fingerprint density at radius 3 is 2.27 bits per heavy atom. The summed E-state index contributed by atoms with van der Waals surface area (Å²) in [6.45, 7) is -0.320. The Morgan fingerprint density at radius 2 is 1.73 bits per heavy atom. The van der Waals surface area contributed by atoms with Gasteiger partial charge in [0.2, 0.25) is 0 Å². The summed E-state index contributed by atoms with van der Waals surface area (Å²) < 4.78 is 38.8. The van der Waals surface area contributed by atoms with Crippen LogP contribution in [0.2, 0.25) is 0 Å². The monoisotopic (exact) mass is 242 g/mol. The Labute approximate surface area is 85.2 Å². The van der Waals surface area contributed by atoms with Gasteiger partial charge < -0.3 is 14.9 Å². The molecule has 0 saturated carbocycles.